The molecule has 1 aliphatic rings. The molecular weight excluding hydrogens is 588 g/mol. The molecule has 4 aromatic rings. The highest BCUT2D eigenvalue weighted by Gasteiger charge is 2.39. The van der Waals surface area contributed by atoms with Gasteiger partial charge in [-0.15, -0.1) is 0 Å². The molecule has 1 saturated heterocycles. The van der Waals surface area contributed by atoms with Gasteiger partial charge in [-0.1, -0.05) is 12.1 Å². The standard InChI is InChI=1S/C22H25N7.2C2HF3O2/c1-14-20(15(2)28(3)27-14)19-8-11-23-22(26-19)29-12-9-16(10-13-29)21-24-17-6-4-5-7-18(17)25-21;2*3-2(4,5)1(6)7/h4-8,11,16H,9-10,12-13H2,1-3H3,(H,24,25);2*(H,6,7). The average Bonchev–Trinajstić information content (AvgIpc) is 3.48. The van der Waals surface area contributed by atoms with E-state index in [1.807, 2.05) is 43.0 Å². The summed E-state index contributed by atoms with van der Waals surface area (Å²) in [4.78, 5) is 37.8. The van der Waals surface area contributed by atoms with Gasteiger partial charge in [-0.3, -0.25) is 4.68 Å². The van der Waals surface area contributed by atoms with E-state index in [-0.39, 0.29) is 0 Å². The van der Waals surface area contributed by atoms with E-state index in [1.165, 1.54) is 0 Å². The first-order valence-electron chi connectivity index (χ1n) is 12.6. The highest BCUT2D eigenvalue weighted by molar-refractivity contribution is 5.75. The Morgan fingerprint density at radius 2 is 1.49 bits per heavy atom. The summed E-state index contributed by atoms with van der Waals surface area (Å²) in [6.07, 6.45) is -6.23. The molecule has 17 heteroatoms. The Labute approximate surface area is 240 Å². The van der Waals surface area contributed by atoms with Gasteiger partial charge in [0.05, 0.1) is 22.4 Å². The third kappa shape index (κ3) is 8.42. The number of hydrogen-bond donors (Lipinski definition) is 3. The van der Waals surface area contributed by atoms with E-state index in [0.717, 1.165) is 71.4 Å². The zero-order chi connectivity index (χ0) is 32.1. The van der Waals surface area contributed by atoms with Gasteiger partial charge >= 0.3 is 24.3 Å². The van der Waals surface area contributed by atoms with E-state index < -0.39 is 24.3 Å². The molecule has 0 aliphatic carbocycles. The Bertz CT molecular complexity index is 1520. The summed E-state index contributed by atoms with van der Waals surface area (Å²) in [5.74, 6) is -3.17. The lowest BCUT2D eigenvalue weighted by molar-refractivity contribution is -0.193. The number of alkyl halides is 6. The van der Waals surface area contributed by atoms with Crippen LogP contribution in [-0.2, 0) is 16.6 Å². The van der Waals surface area contributed by atoms with Gasteiger partial charge < -0.3 is 20.1 Å². The zero-order valence-corrected chi connectivity index (χ0v) is 23.0. The molecule has 1 aromatic carbocycles. The second kappa shape index (κ2) is 13.1. The molecule has 4 heterocycles. The molecule has 1 aliphatic heterocycles. The van der Waals surface area contributed by atoms with Crippen LogP contribution in [-0.4, -0.2) is 77.3 Å². The molecule has 232 valence electrons. The minimum Gasteiger partial charge on any atom is -0.475 e. The van der Waals surface area contributed by atoms with E-state index in [0.29, 0.717) is 5.92 Å². The lowest BCUT2D eigenvalue weighted by Gasteiger charge is -2.31. The molecule has 1 fully saturated rings. The minimum absolute atomic E-state index is 0.449. The second-order valence-corrected chi connectivity index (χ2v) is 9.42. The quantitative estimate of drug-likeness (QED) is 0.270. The number of aliphatic carboxylic acids is 2. The first kappa shape index (κ1) is 32.8. The number of aryl methyl sites for hydroxylation is 2. The molecule has 0 amide bonds. The van der Waals surface area contributed by atoms with Gasteiger partial charge in [-0.05, 0) is 44.9 Å². The Balaban J connectivity index is 0.000000303. The molecule has 11 nitrogen and oxygen atoms in total. The lowest BCUT2D eigenvalue weighted by atomic mass is 9.96. The normalized spacial score (nSPS) is 14.0. The molecule has 0 unspecified atom stereocenters. The molecule has 0 bridgehead atoms. The minimum atomic E-state index is -5.08. The van der Waals surface area contributed by atoms with Crippen LogP contribution < -0.4 is 4.90 Å². The maximum atomic E-state index is 10.6. The molecule has 43 heavy (non-hydrogen) atoms. The Kier molecular flexibility index (Phi) is 9.98. The topological polar surface area (TPSA) is 150 Å². The van der Waals surface area contributed by atoms with Crippen molar-refractivity contribution in [2.75, 3.05) is 18.0 Å². The molecule has 3 N–H and O–H groups in total. The van der Waals surface area contributed by atoms with E-state index in [1.54, 1.807) is 0 Å². The van der Waals surface area contributed by atoms with Crippen LogP contribution >= 0.6 is 0 Å². The number of anilines is 1. The summed E-state index contributed by atoms with van der Waals surface area (Å²) in [6.45, 7) is 5.96. The van der Waals surface area contributed by atoms with Crippen molar-refractivity contribution in [2.24, 2.45) is 7.05 Å². The number of fused-ring (bicyclic) bond motifs is 1. The second-order valence-electron chi connectivity index (χ2n) is 9.42. The van der Waals surface area contributed by atoms with Gasteiger partial charge in [0.15, 0.2) is 0 Å². The van der Waals surface area contributed by atoms with Crippen LogP contribution in [0.5, 0.6) is 0 Å². The number of aromatic nitrogens is 6. The Hall–Kier alpha value is -4.70. The smallest absolute Gasteiger partial charge is 0.475 e. The number of benzene rings is 1. The fraction of sp³-hybridized carbons (Fsp3) is 0.385. The van der Waals surface area contributed by atoms with E-state index >= 15 is 0 Å². The van der Waals surface area contributed by atoms with Gasteiger partial charge in [0.2, 0.25) is 5.95 Å². The van der Waals surface area contributed by atoms with E-state index in [4.69, 9.17) is 29.8 Å². The third-order valence-corrected chi connectivity index (χ3v) is 6.47. The first-order chi connectivity index (χ1) is 20.0. The maximum absolute atomic E-state index is 10.6. The van der Waals surface area contributed by atoms with Gasteiger partial charge in [0.25, 0.3) is 0 Å². The molecule has 0 saturated carbocycles. The van der Waals surface area contributed by atoms with Crippen LogP contribution in [0.2, 0.25) is 0 Å². The predicted octanol–water partition coefficient (Wildman–Crippen LogP) is 5.02. The van der Waals surface area contributed by atoms with Crippen molar-refractivity contribution < 1.29 is 46.1 Å². The predicted molar refractivity (Wildman–Crippen MR) is 141 cm³/mol. The van der Waals surface area contributed by atoms with Crippen molar-refractivity contribution in [3.05, 3.63) is 53.7 Å². The largest absolute Gasteiger partial charge is 0.490 e. The van der Waals surface area contributed by atoms with Crippen molar-refractivity contribution in [2.45, 2.75) is 45.0 Å². The van der Waals surface area contributed by atoms with Crippen LogP contribution in [0, 0.1) is 13.8 Å². The number of carbonyl (C=O) groups is 2. The summed E-state index contributed by atoms with van der Waals surface area (Å²) in [5, 5.41) is 18.8. The van der Waals surface area contributed by atoms with Crippen molar-refractivity contribution in [3.63, 3.8) is 0 Å². The Morgan fingerprint density at radius 3 is 1.98 bits per heavy atom. The van der Waals surface area contributed by atoms with Crippen LogP contribution in [0.25, 0.3) is 22.3 Å². The molecule has 0 radical (unpaired) electrons. The van der Waals surface area contributed by atoms with Crippen molar-refractivity contribution in [3.8, 4) is 11.3 Å². The number of hydrogen-bond acceptors (Lipinski definition) is 7. The van der Waals surface area contributed by atoms with Crippen molar-refractivity contribution >= 4 is 28.9 Å². The number of piperidine rings is 1. The van der Waals surface area contributed by atoms with Crippen LogP contribution in [0.1, 0.15) is 36.0 Å². The first-order valence-corrected chi connectivity index (χ1v) is 12.6. The number of carboxylic acids is 2. The molecule has 5 rings (SSSR count). The molecular formula is C26H27F6N7O4. The number of nitrogens with one attached hydrogen (secondary N) is 1. The van der Waals surface area contributed by atoms with Crippen LogP contribution in [0.15, 0.2) is 36.5 Å². The summed E-state index contributed by atoms with van der Waals surface area (Å²) >= 11 is 0. The molecule has 0 spiro atoms. The fourth-order valence-electron chi connectivity index (χ4n) is 4.30. The van der Waals surface area contributed by atoms with Gasteiger partial charge in [0, 0.05) is 43.5 Å². The van der Waals surface area contributed by atoms with Gasteiger partial charge in [-0.25, -0.2) is 24.5 Å². The van der Waals surface area contributed by atoms with E-state index in [2.05, 4.69) is 39.0 Å². The van der Waals surface area contributed by atoms with Gasteiger partial charge in [0.1, 0.15) is 5.82 Å². The third-order valence-electron chi connectivity index (χ3n) is 6.47. The number of nitrogens with zero attached hydrogens (tertiary/aromatic N) is 6. The van der Waals surface area contributed by atoms with Crippen molar-refractivity contribution in [1.29, 1.82) is 0 Å². The van der Waals surface area contributed by atoms with Gasteiger partial charge in [-0.2, -0.15) is 31.4 Å². The summed E-state index contributed by atoms with van der Waals surface area (Å²) in [6, 6.07) is 10.2. The fourth-order valence-corrected chi connectivity index (χ4v) is 4.30. The van der Waals surface area contributed by atoms with Crippen molar-refractivity contribution in [1.82, 2.24) is 29.7 Å². The number of carboxylic acid groups (broad SMARTS) is 2. The number of imidazole rings is 1. The maximum Gasteiger partial charge on any atom is 0.490 e. The summed E-state index contributed by atoms with van der Waals surface area (Å²) < 4.78 is 65.4. The molecule has 0 atom stereocenters. The van der Waals surface area contributed by atoms with E-state index in [9.17, 15) is 26.3 Å². The summed E-state index contributed by atoms with van der Waals surface area (Å²) in [5.41, 5.74) is 6.33. The molecule has 3 aromatic heterocycles. The highest BCUT2D eigenvalue weighted by Crippen LogP contribution is 2.31. The van der Waals surface area contributed by atoms with Crippen LogP contribution in [0.4, 0.5) is 32.3 Å². The number of H-pyrrole nitrogens is 1. The monoisotopic (exact) mass is 615 g/mol. The lowest BCUT2D eigenvalue weighted by Crippen LogP contribution is -2.34. The number of aromatic amines is 1. The SMILES string of the molecule is Cc1nn(C)c(C)c1-c1ccnc(N2CCC(c3nc4ccccc4[nH]3)CC2)n1.O=C(O)C(F)(F)F.O=C(O)C(F)(F)F. The van der Waals surface area contributed by atoms with Crippen LogP contribution in [0.3, 0.4) is 0 Å². The average molecular weight is 616 g/mol. The Morgan fingerprint density at radius 1 is 0.930 bits per heavy atom. The number of para-hydroxylation sites is 2. The number of rotatable bonds is 3. The highest BCUT2D eigenvalue weighted by atomic mass is 19.4. The summed E-state index contributed by atoms with van der Waals surface area (Å²) in [7, 11) is 1.97. The zero-order valence-electron chi connectivity index (χ0n) is 23.0. The number of halogens is 6.